The molecule has 0 fully saturated rings. The Morgan fingerprint density at radius 3 is 1.84 bits per heavy atom. The summed E-state index contributed by atoms with van der Waals surface area (Å²) in [6.45, 7) is 12.1. The normalized spacial score (nSPS) is 11.7. The molecule has 1 aromatic rings. The minimum Gasteiger partial charge on any atom is -0.461 e. The van der Waals surface area contributed by atoms with Crippen LogP contribution in [0.2, 0.25) is 0 Å². The van der Waals surface area contributed by atoms with Crippen molar-refractivity contribution in [2.45, 2.75) is 169 Å². The molecule has 0 aliphatic rings. The zero-order valence-corrected chi connectivity index (χ0v) is 32.5. The van der Waals surface area contributed by atoms with Crippen molar-refractivity contribution >= 4 is 18.0 Å². The first kappa shape index (κ1) is 44.9. The number of unbranched alkanes of at least 4 members (excludes halogenated alkanes) is 14. The van der Waals surface area contributed by atoms with Gasteiger partial charge >= 0.3 is 18.0 Å². The zero-order chi connectivity index (χ0) is 36.7. The van der Waals surface area contributed by atoms with E-state index in [1.54, 1.807) is 0 Å². The van der Waals surface area contributed by atoms with Crippen LogP contribution in [-0.2, 0) is 25.4 Å². The number of benzene rings is 1. The van der Waals surface area contributed by atoms with Gasteiger partial charge in [0, 0.05) is 19.5 Å². The Balaban J connectivity index is 2.32. The van der Waals surface area contributed by atoms with Crippen LogP contribution in [0, 0.1) is 0 Å². The molecule has 0 unspecified atom stereocenters. The van der Waals surface area contributed by atoms with E-state index in [-0.39, 0.29) is 18.0 Å². The maximum Gasteiger partial charge on any atom is 0.410 e. The Bertz CT molecular complexity index is 1090. The molecule has 0 aliphatic carbocycles. The van der Waals surface area contributed by atoms with Gasteiger partial charge in [0.1, 0.15) is 18.8 Å². The average Bonchev–Trinajstić information content (AvgIpc) is 3.08. The predicted molar refractivity (Wildman–Crippen MR) is 207 cm³/mol. The Morgan fingerprint density at radius 1 is 0.660 bits per heavy atom. The van der Waals surface area contributed by atoms with E-state index in [4.69, 9.17) is 14.2 Å². The van der Waals surface area contributed by atoms with E-state index < -0.39 is 5.60 Å². The fourth-order valence-corrected chi connectivity index (χ4v) is 5.56. The van der Waals surface area contributed by atoms with Gasteiger partial charge in [-0.1, -0.05) is 114 Å². The SMILES string of the molecule is CCCCCC/C=C\COC(=O)CCCCCCCN(CCCCCc1cccc(C(=O)OC/C=C\CCCCCC)c1)C(=O)OC(C)(C)C. The highest BCUT2D eigenvalue weighted by Crippen LogP contribution is 2.15. The Kier molecular flexibility index (Phi) is 26.6. The minimum atomic E-state index is -0.537. The van der Waals surface area contributed by atoms with Crippen molar-refractivity contribution in [3.63, 3.8) is 0 Å². The summed E-state index contributed by atoms with van der Waals surface area (Å²) in [5.74, 6) is -0.413. The van der Waals surface area contributed by atoms with E-state index in [1.807, 2.05) is 56.0 Å². The van der Waals surface area contributed by atoms with Gasteiger partial charge in [-0.2, -0.15) is 0 Å². The van der Waals surface area contributed by atoms with Gasteiger partial charge in [0.15, 0.2) is 0 Å². The van der Waals surface area contributed by atoms with Crippen LogP contribution >= 0.6 is 0 Å². The standard InChI is InChI=1S/C43H71NO6/c1-6-8-10-12-14-19-26-35-48-40(45)32-23-17-16-18-24-33-44(42(47)50-43(3,4)5)34-25-21-22-29-38-30-28-31-39(37-38)41(46)49-36-27-20-15-13-11-9-7-2/h19-20,26-28,30-31,37H,6-18,21-25,29,32-36H2,1-5H3/b26-19-,27-20-. The van der Waals surface area contributed by atoms with Gasteiger partial charge in [-0.05, 0) is 96.3 Å². The Morgan fingerprint density at radius 2 is 1.22 bits per heavy atom. The highest BCUT2D eigenvalue weighted by Gasteiger charge is 2.21. The van der Waals surface area contributed by atoms with Crippen molar-refractivity contribution < 1.29 is 28.6 Å². The summed E-state index contributed by atoms with van der Waals surface area (Å²) in [6, 6.07) is 7.71. The molecule has 7 nitrogen and oxygen atoms in total. The number of hydrogen-bond donors (Lipinski definition) is 0. The van der Waals surface area contributed by atoms with Crippen LogP contribution < -0.4 is 0 Å². The first-order valence-corrected chi connectivity index (χ1v) is 19.9. The van der Waals surface area contributed by atoms with Crippen LogP contribution in [-0.4, -0.2) is 54.8 Å². The predicted octanol–water partition coefficient (Wildman–Crippen LogP) is 11.7. The van der Waals surface area contributed by atoms with Crippen LogP contribution in [0.4, 0.5) is 4.79 Å². The first-order chi connectivity index (χ1) is 24.2. The number of aryl methyl sites for hydroxylation is 1. The zero-order valence-electron chi connectivity index (χ0n) is 32.5. The first-order valence-electron chi connectivity index (χ1n) is 19.9. The van der Waals surface area contributed by atoms with Crippen LogP contribution in [0.1, 0.15) is 173 Å². The lowest BCUT2D eigenvalue weighted by Gasteiger charge is -2.27. The number of allylic oxidation sites excluding steroid dienone is 2. The molecule has 1 amide bonds. The van der Waals surface area contributed by atoms with Crippen LogP contribution in [0.15, 0.2) is 48.6 Å². The minimum absolute atomic E-state index is 0.126. The maximum atomic E-state index is 12.9. The van der Waals surface area contributed by atoms with Crippen LogP contribution in [0.5, 0.6) is 0 Å². The number of carbonyl (C=O) groups excluding carboxylic acids is 3. The van der Waals surface area contributed by atoms with Gasteiger partial charge in [0.25, 0.3) is 0 Å². The number of nitrogens with zero attached hydrogens (tertiary/aromatic N) is 1. The molecule has 0 saturated carbocycles. The monoisotopic (exact) mass is 698 g/mol. The molecular formula is C43H71NO6. The van der Waals surface area contributed by atoms with E-state index in [2.05, 4.69) is 32.1 Å². The topological polar surface area (TPSA) is 82.1 Å². The van der Waals surface area contributed by atoms with Gasteiger partial charge in [0.05, 0.1) is 5.56 Å². The largest absolute Gasteiger partial charge is 0.461 e. The lowest BCUT2D eigenvalue weighted by molar-refractivity contribution is -0.142. The number of rotatable bonds is 29. The van der Waals surface area contributed by atoms with E-state index >= 15 is 0 Å². The number of esters is 2. The molecule has 0 heterocycles. The molecule has 0 aromatic heterocycles. The van der Waals surface area contributed by atoms with Gasteiger partial charge in [-0.15, -0.1) is 0 Å². The molecule has 0 aliphatic heterocycles. The highest BCUT2D eigenvalue weighted by atomic mass is 16.6. The fourth-order valence-electron chi connectivity index (χ4n) is 5.56. The van der Waals surface area contributed by atoms with Gasteiger partial charge in [-0.25, -0.2) is 9.59 Å². The molecule has 0 atom stereocenters. The molecule has 1 aromatic carbocycles. The van der Waals surface area contributed by atoms with Crippen molar-refractivity contribution in [3.8, 4) is 0 Å². The average molecular weight is 698 g/mol. The van der Waals surface area contributed by atoms with Crippen molar-refractivity contribution in [2.75, 3.05) is 26.3 Å². The van der Waals surface area contributed by atoms with Crippen LogP contribution in [0.3, 0.4) is 0 Å². The summed E-state index contributed by atoms with van der Waals surface area (Å²) >= 11 is 0. The van der Waals surface area contributed by atoms with Crippen molar-refractivity contribution in [2.24, 2.45) is 0 Å². The second kappa shape index (κ2) is 29.6. The van der Waals surface area contributed by atoms with Crippen molar-refractivity contribution in [1.82, 2.24) is 4.90 Å². The summed E-state index contributed by atoms with van der Waals surface area (Å²) in [5.41, 5.74) is 1.17. The van der Waals surface area contributed by atoms with E-state index in [9.17, 15) is 14.4 Å². The second-order valence-corrected chi connectivity index (χ2v) is 14.4. The summed E-state index contributed by atoms with van der Waals surface area (Å²) in [7, 11) is 0. The molecule has 0 bridgehead atoms. The van der Waals surface area contributed by atoms with Crippen molar-refractivity contribution in [3.05, 3.63) is 59.7 Å². The summed E-state index contributed by atoms with van der Waals surface area (Å²) in [6.07, 6.45) is 28.7. The Hall–Kier alpha value is -3.09. The molecular weight excluding hydrogens is 626 g/mol. The molecule has 0 saturated heterocycles. The molecule has 0 N–H and O–H groups in total. The molecule has 284 valence electrons. The third kappa shape index (κ3) is 25.8. The van der Waals surface area contributed by atoms with Crippen molar-refractivity contribution in [1.29, 1.82) is 0 Å². The summed E-state index contributed by atoms with van der Waals surface area (Å²) < 4.78 is 16.5. The van der Waals surface area contributed by atoms with E-state index in [0.717, 1.165) is 76.2 Å². The molecule has 1 rings (SSSR count). The lowest BCUT2D eigenvalue weighted by atomic mass is 10.0. The smallest absolute Gasteiger partial charge is 0.410 e. The maximum absolute atomic E-state index is 12.9. The lowest BCUT2D eigenvalue weighted by Crippen LogP contribution is -2.38. The third-order valence-corrected chi connectivity index (χ3v) is 8.45. The molecule has 50 heavy (non-hydrogen) atoms. The summed E-state index contributed by atoms with van der Waals surface area (Å²) in [4.78, 5) is 39.3. The highest BCUT2D eigenvalue weighted by molar-refractivity contribution is 5.89. The Labute approximate surface area is 305 Å². The second-order valence-electron chi connectivity index (χ2n) is 14.4. The number of hydrogen-bond acceptors (Lipinski definition) is 6. The number of ether oxygens (including phenoxy) is 3. The van der Waals surface area contributed by atoms with Gasteiger partial charge in [0.2, 0.25) is 0 Å². The van der Waals surface area contributed by atoms with Gasteiger partial charge < -0.3 is 19.1 Å². The van der Waals surface area contributed by atoms with E-state index in [1.165, 1.54) is 51.4 Å². The third-order valence-electron chi connectivity index (χ3n) is 8.45. The van der Waals surface area contributed by atoms with Gasteiger partial charge in [-0.3, -0.25) is 4.79 Å². The quantitative estimate of drug-likeness (QED) is 0.0359. The molecule has 0 radical (unpaired) electrons. The van der Waals surface area contributed by atoms with E-state index in [0.29, 0.717) is 38.3 Å². The van der Waals surface area contributed by atoms with Crippen LogP contribution in [0.25, 0.3) is 0 Å². The number of carbonyl (C=O) groups is 3. The number of amides is 1. The summed E-state index contributed by atoms with van der Waals surface area (Å²) in [5, 5.41) is 0. The molecule has 7 heteroatoms. The molecule has 0 spiro atoms. The fraction of sp³-hybridized carbons (Fsp3) is 0.698.